The Morgan fingerprint density at radius 1 is 1.42 bits per heavy atom. The standard InChI is InChI=1S/C13H24N2O3S/c1-5-19-10-8-6-7-9(10)14-12(18)15(4)13(2,3)11(16)17/h9-10H,5-8H2,1-4H3,(H,14,18)(H,16,17). The first kappa shape index (κ1) is 16.1. The Labute approximate surface area is 119 Å². The van der Waals surface area contributed by atoms with Crippen LogP contribution < -0.4 is 5.32 Å². The summed E-state index contributed by atoms with van der Waals surface area (Å²) in [5, 5.41) is 12.6. The van der Waals surface area contributed by atoms with E-state index in [2.05, 4.69) is 12.2 Å². The van der Waals surface area contributed by atoms with Crippen molar-refractivity contribution in [3.8, 4) is 0 Å². The number of urea groups is 1. The summed E-state index contributed by atoms with van der Waals surface area (Å²) in [6.07, 6.45) is 3.22. The summed E-state index contributed by atoms with van der Waals surface area (Å²) < 4.78 is 0. The minimum absolute atomic E-state index is 0.157. The number of carboxylic acid groups (broad SMARTS) is 1. The fraction of sp³-hybridized carbons (Fsp3) is 0.846. The lowest BCUT2D eigenvalue weighted by Gasteiger charge is -2.33. The molecule has 0 aliphatic heterocycles. The van der Waals surface area contributed by atoms with E-state index in [4.69, 9.17) is 5.11 Å². The van der Waals surface area contributed by atoms with Gasteiger partial charge in [0, 0.05) is 18.3 Å². The van der Waals surface area contributed by atoms with Crippen molar-refractivity contribution in [3.05, 3.63) is 0 Å². The molecule has 0 saturated heterocycles. The molecule has 0 radical (unpaired) electrons. The summed E-state index contributed by atoms with van der Waals surface area (Å²) in [6.45, 7) is 5.17. The van der Waals surface area contributed by atoms with Crippen molar-refractivity contribution in [2.75, 3.05) is 12.8 Å². The maximum Gasteiger partial charge on any atom is 0.329 e. The average Bonchev–Trinajstić information content (AvgIpc) is 2.76. The molecule has 0 aromatic heterocycles. The number of carbonyl (C=O) groups is 2. The van der Waals surface area contributed by atoms with Gasteiger partial charge in [-0.1, -0.05) is 13.3 Å². The number of carboxylic acids is 1. The van der Waals surface area contributed by atoms with Crippen LogP contribution in [0.25, 0.3) is 0 Å². The summed E-state index contributed by atoms with van der Waals surface area (Å²) >= 11 is 1.86. The van der Waals surface area contributed by atoms with Crippen LogP contribution in [0.5, 0.6) is 0 Å². The molecule has 1 fully saturated rings. The van der Waals surface area contributed by atoms with Gasteiger partial charge in [-0.15, -0.1) is 0 Å². The molecule has 0 bridgehead atoms. The van der Waals surface area contributed by atoms with Crippen molar-refractivity contribution in [3.63, 3.8) is 0 Å². The molecule has 0 heterocycles. The lowest BCUT2D eigenvalue weighted by molar-refractivity contribution is -0.146. The Kier molecular flexibility index (Phi) is 5.52. The number of nitrogens with zero attached hydrogens (tertiary/aromatic N) is 1. The largest absolute Gasteiger partial charge is 0.480 e. The van der Waals surface area contributed by atoms with Crippen LogP contribution in [0.15, 0.2) is 0 Å². The zero-order valence-electron chi connectivity index (χ0n) is 12.1. The van der Waals surface area contributed by atoms with Crippen LogP contribution in [-0.4, -0.2) is 51.6 Å². The maximum absolute atomic E-state index is 12.1. The zero-order chi connectivity index (χ0) is 14.6. The van der Waals surface area contributed by atoms with Crippen LogP contribution in [0, 0.1) is 0 Å². The van der Waals surface area contributed by atoms with E-state index in [0.29, 0.717) is 5.25 Å². The molecule has 1 aliphatic carbocycles. The summed E-state index contributed by atoms with van der Waals surface area (Å²) in [7, 11) is 1.53. The SMILES string of the molecule is CCSC1CCCC1NC(=O)N(C)C(C)(C)C(=O)O. The van der Waals surface area contributed by atoms with Crippen molar-refractivity contribution in [2.24, 2.45) is 0 Å². The van der Waals surface area contributed by atoms with Crippen molar-refractivity contribution in [2.45, 2.75) is 56.9 Å². The van der Waals surface area contributed by atoms with Crippen molar-refractivity contribution in [1.82, 2.24) is 10.2 Å². The molecule has 5 nitrogen and oxygen atoms in total. The average molecular weight is 288 g/mol. The maximum atomic E-state index is 12.1. The van der Waals surface area contributed by atoms with E-state index < -0.39 is 11.5 Å². The third-order valence-corrected chi connectivity index (χ3v) is 5.13. The van der Waals surface area contributed by atoms with E-state index >= 15 is 0 Å². The topological polar surface area (TPSA) is 69.6 Å². The number of hydrogen-bond acceptors (Lipinski definition) is 3. The van der Waals surface area contributed by atoms with Gasteiger partial charge in [0.05, 0.1) is 0 Å². The zero-order valence-corrected chi connectivity index (χ0v) is 12.9. The predicted octanol–water partition coefficient (Wildman–Crippen LogP) is 2.17. The number of rotatable bonds is 5. The van der Waals surface area contributed by atoms with Crippen LogP contribution in [-0.2, 0) is 4.79 Å². The van der Waals surface area contributed by atoms with Gasteiger partial charge in [0.25, 0.3) is 0 Å². The molecule has 1 aliphatic rings. The highest BCUT2D eigenvalue weighted by molar-refractivity contribution is 7.99. The Morgan fingerprint density at radius 3 is 2.58 bits per heavy atom. The van der Waals surface area contributed by atoms with E-state index in [1.165, 1.54) is 25.8 Å². The molecule has 1 rings (SSSR count). The van der Waals surface area contributed by atoms with Gasteiger partial charge in [-0.05, 0) is 32.4 Å². The summed E-state index contributed by atoms with van der Waals surface area (Å²) in [4.78, 5) is 24.6. The van der Waals surface area contributed by atoms with Gasteiger partial charge in [0.2, 0.25) is 0 Å². The predicted molar refractivity (Wildman–Crippen MR) is 77.6 cm³/mol. The van der Waals surface area contributed by atoms with E-state index in [0.717, 1.165) is 25.0 Å². The molecular weight excluding hydrogens is 264 g/mol. The molecule has 2 N–H and O–H groups in total. The van der Waals surface area contributed by atoms with Gasteiger partial charge in [-0.3, -0.25) is 0 Å². The highest BCUT2D eigenvalue weighted by Gasteiger charge is 2.37. The molecule has 2 unspecified atom stereocenters. The third kappa shape index (κ3) is 3.78. The summed E-state index contributed by atoms with van der Waals surface area (Å²) in [5.74, 6) is 0.0316. The number of amides is 2. The highest BCUT2D eigenvalue weighted by Crippen LogP contribution is 2.30. The highest BCUT2D eigenvalue weighted by atomic mass is 32.2. The number of nitrogens with one attached hydrogen (secondary N) is 1. The minimum atomic E-state index is -1.20. The number of thioether (sulfide) groups is 1. The second kappa shape index (κ2) is 6.50. The first-order chi connectivity index (χ1) is 8.80. The Morgan fingerprint density at radius 2 is 2.05 bits per heavy atom. The summed E-state index contributed by atoms with van der Waals surface area (Å²) in [5.41, 5.74) is -1.20. The lowest BCUT2D eigenvalue weighted by atomic mass is 10.0. The number of carbonyl (C=O) groups excluding carboxylic acids is 1. The van der Waals surface area contributed by atoms with Gasteiger partial charge < -0.3 is 15.3 Å². The van der Waals surface area contributed by atoms with Gasteiger partial charge in [0.15, 0.2) is 0 Å². The minimum Gasteiger partial charge on any atom is -0.480 e. The Balaban J connectivity index is 2.61. The lowest BCUT2D eigenvalue weighted by Crippen LogP contribution is -2.56. The molecule has 19 heavy (non-hydrogen) atoms. The van der Waals surface area contributed by atoms with E-state index in [9.17, 15) is 9.59 Å². The number of hydrogen-bond donors (Lipinski definition) is 2. The number of aliphatic carboxylic acids is 1. The molecule has 0 aromatic rings. The van der Waals surface area contributed by atoms with Crippen LogP contribution in [0.4, 0.5) is 4.79 Å². The molecular formula is C13H24N2O3S. The Hall–Kier alpha value is -0.910. The Bertz CT molecular complexity index is 347. The smallest absolute Gasteiger partial charge is 0.329 e. The first-order valence-corrected chi connectivity index (χ1v) is 7.75. The van der Waals surface area contributed by atoms with Crippen LogP contribution in [0.2, 0.25) is 0 Å². The fourth-order valence-corrected chi connectivity index (χ4v) is 3.36. The summed E-state index contributed by atoms with van der Waals surface area (Å²) in [6, 6.07) is -0.148. The third-order valence-electron chi connectivity index (χ3n) is 3.81. The molecule has 6 heteroatoms. The molecule has 0 spiro atoms. The van der Waals surface area contributed by atoms with Crippen LogP contribution in [0.3, 0.4) is 0 Å². The van der Waals surface area contributed by atoms with Gasteiger partial charge in [0.1, 0.15) is 5.54 Å². The molecule has 1 saturated carbocycles. The van der Waals surface area contributed by atoms with E-state index in [1.807, 2.05) is 11.8 Å². The second-order valence-electron chi connectivity index (χ2n) is 5.40. The van der Waals surface area contributed by atoms with Crippen molar-refractivity contribution >= 4 is 23.8 Å². The van der Waals surface area contributed by atoms with Crippen molar-refractivity contribution < 1.29 is 14.7 Å². The van der Waals surface area contributed by atoms with E-state index in [-0.39, 0.29) is 12.1 Å². The first-order valence-electron chi connectivity index (χ1n) is 6.70. The molecule has 0 aromatic carbocycles. The molecule has 110 valence electrons. The second-order valence-corrected chi connectivity index (χ2v) is 6.92. The van der Waals surface area contributed by atoms with Crippen molar-refractivity contribution in [1.29, 1.82) is 0 Å². The van der Waals surface area contributed by atoms with Crippen LogP contribution in [0.1, 0.15) is 40.0 Å². The van der Waals surface area contributed by atoms with Gasteiger partial charge >= 0.3 is 12.0 Å². The monoisotopic (exact) mass is 288 g/mol. The van der Waals surface area contributed by atoms with Gasteiger partial charge in [-0.25, -0.2) is 9.59 Å². The molecule has 2 amide bonds. The molecule has 2 atom stereocenters. The quantitative estimate of drug-likeness (QED) is 0.813. The fourth-order valence-electron chi connectivity index (χ4n) is 2.16. The van der Waals surface area contributed by atoms with Gasteiger partial charge in [-0.2, -0.15) is 11.8 Å². The normalized spacial score (nSPS) is 23.2. The van der Waals surface area contributed by atoms with E-state index in [1.54, 1.807) is 0 Å². The number of likely N-dealkylation sites (N-methyl/N-ethyl adjacent to an activating group) is 1. The van der Waals surface area contributed by atoms with Crippen LogP contribution >= 0.6 is 11.8 Å².